The molecule has 1 unspecified atom stereocenters. The third-order valence-electron chi connectivity index (χ3n) is 2.91. The second kappa shape index (κ2) is 7.38. The fourth-order valence-corrected chi connectivity index (χ4v) is 2.44. The molecule has 0 aliphatic carbocycles. The fraction of sp³-hybridized carbons (Fsp3) is 0.188. The Morgan fingerprint density at radius 2 is 2.14 bits per heavy atom. The lowest BCUT2D eigenvalue weighted by Crippen LogP contribution is -2.30. The average molecular weight is 314 g/mol. The Balaban J connectivity index is 1.92. The number of benzene rings is 1. The number of esters is 1. The molecule has 112 valence electrons. The second-order valence-electron chi connectivity index (χ2n) is 4.59. The molecule has 0 fully saturated rings. The van der Waals surface area contributed by atoms with Crippen LogP contribution in [0.4, 0.5) is 5.69 Å². The van der Waals surface area contributed by atoms with E-state index in [-0.39, 0.29) is 6.42 Å². The summed E-state index contributed by atoms with van der Waals surface area (Å²) in [5.41, 5.74) is 1.61. The van der Waals surface area contributed by atoms with Crippen molar-refractivity contribution in [3.05, 3.63) is 52.2 Å². The van der Waals surface area contributed by atoms with Gasteiger partial charge in [0.25, 0.3) is 5.91 Å². The second-order valence-corrected chi connectivity index (χ2v) is 5.37. The van der Waals surface area contributed by atoms with Crippen LogP contribution in [0.5, 0.6) is 0 Å². The van der Waals surface area contributed by atoms with E-state index in [2.05, 4.69) is 5.32 Å². The molecule has 0 radical (unpaired) electrons. The molecule has 0 aliphatic heterocycles. The van der Waals surface area contributed by atoms with E-state index in [0.29, 0.717) is 11.3 Å². The van der Waals surface area contributed by atoms with Gasteiger partial charge in [0.2, 0.25) is 0 Å². The molecule has 2 rings (SSSR count). The predicted octanol–water partition coefficient (Wildman–Crippen LogP) is 2.73. The Morgan fingerprint density at radius 1 is 1.36 bits per heavy atom. The number of nitriles is 1. The van der Waals surface area contributed by atoms with Crippen LogP contribution >= 0.6 is 11.3 Å². The van der Waals surface area contributed by atoms with Crippen LogP contribution in [0, 0.1) is 11.3 Å². The third-order valence-corrected chi connectivity index (χ3v) is 3.64. The van der Waals surface area contributed by atoms with Crippen LogP contribution in [0.3, 0.4) is 0 Å². The van der Waals surface area contributed by atoms with Crippen molar-refractivity contribution in [2.24, 2.45) is 0 Å². The van der Waals surface area contributed by atoms with Crippen LogP contribution < -0.4 is 5.32 Å². The summed E-state index contributed by atoms with van der Waals surface area (Å²) in [6, 6.07) is 10.5. The van der Waals surface area contributed by atoms with Crippen LogP contribution in [0.1, 0.15) is 18.1 Å². The molecule has 6 heteroatoms. The highest BCUT2D eigenvalue weighted by Crippen LogP contribution is 2.14. The predicted molar refractivity (Wildman–Crippen MR) is 83.4 cm³/mol. The van der Waals surface area contributed by atoms with E-state index in [9.17, 15) is 9.59 Å². The highest BCUT2D eigenvalue weighted by Gasteiger charge is 2.19. The number of ether oxygens (including phenoxy) is 1. The van der Waals surface area contributed by atoms with Crippen molar-refractivity contribution in [1.29, 1.82) is 5.26 Å². The molecule has 1 N–H and O–H groups in total. The molecule has 0 spiro atoms. The molecule has 1 heterocycles. The number of nitrogens with one attached hydrogen (secondary N) is 1. The lowest BCUT2D eigenvalue weighted by Gasteiger charge is -2.14. The van der Waals surface area contributed by atoms with Gasteiger partial charge in [-0.2, -0.15) is 16.6 Å². The first-order chi connectivity index (χ1) is 10.6. The molecule has 0 saturated heterocycles. The number of hydrogen-bond donors (Lipinski definition) is 1. The largest absolute Gasteiger partial charge is 0.452 e. The summed E-state index contributed by atoms with van der Waals surface area (Å²) in [6.45, 7) is 1.50. The quantitative estimate of drug-likeness (QED) is 0.861. The Labute approximate surface area is 132 Å². The molecular weight excluding hydrogens is 300 g/mol. The van der Waals surface area contributed by atoms with Gasteiger partial charge < -0.3 is 10.1 Å². The lowest BCUT2D eigenvalue weighted by molar-refractivity contribution is -0.152. The number of carbonyl (C=O) groups excluding carboxylic acids is 2. The third kappa shape index (κ3) is 4.17. The van der Waals surface area contributed by atoms with Crippen molar-refractivity contribution >= 4 is 28.9 Å². The van der Waals surface area contributed by atoms with Crippen LogP contribution in [-0.4, -0.2) is 18.0 Å². The Kier molecular flexibility index (Phi) is 5.28. The van der Waals surface area contributed by atoms with Gasteiger partial charge in [0.1, 0.15) is 6.07 Å². The zero-order valence-electron chi connectivity index (χ0n) is 11.9. The van der Waals surface area contributed by atoms with Crippen LogP contribution in [0.15, 0.2) is 41.1 Å². The summed E-state index contributed by atoms with van der Waals surface area (Å²) in [7, 11) is 0. The van der Waals surface area contributed by atoms with E-state index >= 15 is 0 Å². The normalized spacial score (nSPS) is 11.3. The maximum atomic E-state index is 12.0. The number of amides is 1. The number of carbonyl (C=O) groups is 2. The molecule has 1 atom stereocenters. The van der Waals surface area contributed by atoms with Crippen molar-refractivity contribution in [1.82, 2.24) is 0 Å². The van der Waals surface area contributed by atoms with Gasteiger partial charge in [-0.25, -0.2) is 0 Å². The smallest absolute Gasteiger partial charge is 0.311 e. The zero-order valence-corrected chi connectivity index (χ0v) is 12.7. The lowest BCUT2D eigenvalue weighted by atomic mass is 10.2. The van der Waals surface area contributed by atoms with E-state index in [4.69, 9.17) is 10.00 Å². The minimum absolute atomic E-state index is 0.135. The fourth-order valence-electron chi connectivity index (χ4n) is 1.78. The summed E-state index contributed by atoms with van der Waals surface area (Å²) in [5.74, 6) is -0.934. The summed E-state index contributed by atoms with van der Waals surface area (Å²) in [6.07, 6.45) is -0.798. The van der Waals surface area contributed by atoms with Gasteiger partial charge in [-0.1, -0.05) is 12.1 Å². The molecule has 1 aromatic heterocycles. The Hall–Kier alpha value is -2.65. The van der Waals surface area contributed by atoms with E-state index in [1.54, 1.807) is 24.3 Å². The van der Waals surface area contributed by atoms with Crippen molar-refractivity contribution in [2.75, 3.05) is 5.32 Å². The first-order valence-corrected chi connectivity index (χ1v) is 7.55. The van der Waals surface area contributed by atoms with Gasteiger partial charge in [0.05, 0.1) is 17.7 Å². The molecule has 0 saturated carbocycles. The summed E-state index contributed by atoms with van der Waals surface area (Å²) in [4.78, 5) is 23.8. The van der Waals surface area contributed by atoms with Gasteiger partial charge in [0.15, 0.2) is 6.10 Å². The summed E-state index contributed by atoms with van der Waals surface area (Å²) >= 11 is 1.49. The van der Waals surface area contributed by atoms with Crippen LogP contribution in [0.2, 0.25) is 0 Å². The van der Waals surface area contributed by atoms with E-state index in [1.807, 2.05) is 22.9 Å². The van der Waals surface area contributed by atoms with Crippen molar-refractivity contribution in [2.45, 2.75) is 19.4 Å². The monoisotopic (exact) mass is 314 g/mol. The number of anilines is 1. The first-order valence-electron chi connectivity index (χ1n) is 6.60. The maximum Gasteiger partial charge on any atom is 0.311 e. The first kappa shape index (κ1) is 15.7. The minimum Gasteiger partial charge on any atom is -0.452 e. The molecule has 2 aromatic rings. The number of nitrogens with zero attached hydrogens (tertiary/aromatic N) is 1. The van der Waals surface area contributed by atoms with Gasteiger partial charge in [-0.3, -0.25) is 9.59 Å². The number of hydrogen-bond acceptors (Lipinski definition) is 5. The van der Waals surface area contributed by atoms with Gasteiger partial charge >= 0.3 is 5.97 Å². The molecule has 0 bridgehead atoms. The molecular formula is C16H14N2O3S. The Morgan fingerprint density at radius 3 is 2.82 bits per heavy atom. The van der Waals surface area contributed by atoms with E-state index in [1.165, 1.54) is 18.3 Å². The standard InChI is InChI=1S/C16H14N2O3S/c1-11(21-15(19)8-12-6-7-22-10-12)16(20)18-14-5-3-2-4-13(14)9-17/h2-7,10-11H,8H2,1H3,(H,18,20). The highest BCUT2D eigenvalue weighted by molar-refractivity contribution is 7.07. The number of thiophene rings is 1. The minimum atomic E-state index is -0.933. The average Bonchev–Trinajstić information content (AvgIpc) is 3.00. The molecule has 5 nitrogen and oxygen atoms in total. The number of rotatable bonds is 5. The van der Waals surface area contributed by atoms with E-state index in [0.717, 1.165) is 5.56 Å². The molecule has 1 aromatic carbocycles. The van der Waals surface area contributed by atoms with Crippen LogP contribution in [0.25, 0.3) is 0 Å². The molecule has 22 heavy (non-hydrogen) atoms. The van der Waals surface area contributed by atoms with Crippen molar-refractivity contribution in [3.8, 4) is 6.07 Å². The summed E-state index contributed by atoms with van der Waals surface area (Å²) < 4.78 is 5.10. The SMILES string of the molecule is CC(OC(=O)Cc1ccsc1)C(=O)Nc1ccccc1C#N. The Bertz CT molecular complexity index is 704. The van der Waals surface area contributed by atoms with Crippen LogP contribution in [-0.2, 0) is 20.7 Å². The highest BCUT2D eigenvalue weighted by atomic mass is 32.1. The van der Waals surface area contributed by atoms with Gasteiger partial charge in [0, 0.05) is 0 Å². The summed E-state index contributed by atoms with van der Waals surface area (Å²) in [5, 5.41) is 15.3. The topological polar surface area (TPSA) is 79.2 Å². The van der Waals surface area contributed by atoms with Crippen molar-refractivity contribution in [3.63, 3.8) is 0 Å². The molecule has 0 aliphatic rings. The van der Waals surface area contributed by atoms with Gasteiger partial charge in [-0.15, -0.1) is 0 Å². The van der Waals surface area contributed by atoms with Crippen molar-refractivity contribution < 1.29 is 14.3 Å². The van der Waals surface area contributed by atoms with E-state index < -0.39 is 18.0 Å². The maximum absolute atomic E-state index is 12.0. The zero-order chi connectivity index (χ0) is 15.9. The molecule has 1 amide bonds. The van der Waals surface area contributed by atoms with Gasteiger partial charge in [-0.05, 0) is 41.4 Å². The number of para-hydroxylation sites is 1.